The number of nitrogens with two attached hydrogens (primary N) is 1. The molecule has 2 rings (SSSR count). The maximum absolute atomic E-state index is 13.8. The molecule has 0 aliphatic heterocycles. The standard InChI is InChI=1S/C14H11F4NO3S/c1-22-12-4-2-8(6-11(12)15)10-7-9(14(16,17)18)3-5-13(10)23(19,20)21/h2-7H,1H3,(H2,19,20,21). The Labute approximate surface area is 129 Å². The van der Waals surface area contributed by atoms with Crippen molar-refractivity contribution in [2.75, 3.05) is 7.11 Å². The Bertz CT molecular complexity index is 848. The second-order valence-electron chi connectivity index (χ2n) is 4.60. The average molecular weight is 349 g/mol. The van der Waals surface area contributed by atoms with Gasteiger partial charge in [-0.1, -0.05) is 6.07 Å². The maximum atomic E-state index is 13.8. The molecular weight excluding hydrogens is 338 g/mol. The molecule has 0 bridgehead atoms. The summed E-state index contributed by atoms with van der Waals surface area (Å²) in [4.78, 5) is -0.532. The molecule has 0 spiro atoms. The van der Waals surface area contributed by atoms with Crippen molar-refractivity contribution in [3.8, 4) is 16.9 Å². The van der Waals surface area contributed by atoms with Gasteiger partial charge in [-0.05, 0) is 35.9 Å². The van der Waals surface area contributed by atoms with E-state index in [0.29, 0.717) is 12.1 Å². The van der Waals surface area contributed by atoms with Gasteiger partial charge < -0.3 is 4.74 Å². The fourth-order valence-electron chi connectivity index (χ4n) is 2.01. The van der Waals surface area contributed by atoms with Gasteiger partial charge >= 0.3 is 6.18 Å². The molecule has 0 heterocycles. The quantitative estimate of drug-likeness (QED) is 0.866. The summed E-state index contributed by atoms with van der Waals surface area (Å²) in [6.07, 6.45) is -4.68. The summed E-state index contributed by atoms with van der Waals surface area (Å²) in [5, 5.41) is 5.02. The number of sulfonamides is 1. The number of hydrogen-bond donors (Lipinski definition) is 1. The predicted molar refractivity (Wildman–Crippen MR) is 74.8 cm³/mol. The van der Waals surface area contributed by atoms with Crippen LogP contribution in [-0.2, 0) is 16.2 Å². The van der Waals surface area contributed by atoms with E-state index in [4.69, 9.17) is 9.88 Å². The van der Waals surface area contributed by atoms with E-state index < -0.39 is 32.5 Å². The Balaban J connectivity index is 2.74. The third kappa shape index (κ3) is 3.62. The van der Waals surface area contributed by atoms with Gasteiger partial charge in [-0.3, -0.25) is 0 Å². The highest BCUT2D eigenvalue weighted by Gasteiger charge is 2.32. The van der Waals surface area contributed by atoms with E-state index in [0.717, 1.165) is 12.1 Å². The zero-order valence-electron chi connectivity index (χ0n) is 11.7. The molecule has 0 fully saturated rings. The van der Waals surface area contributed by atoms with Crippen LogP contribution in [0.5, 0.6) is 5.75 Å². The van der Waals surface area contributed by atoms with E-state index in [1.807, 2.05) is 0 Å². The molecule has 23 heavy (non-hydrogen) atoms. The van der Waals surface area contributed by atoms with Gasteiger partial charge in [-0.15, -0.1) is 0 Å². The van der Waals surface area contributed by atoms with Crippen molar-refractivity contribution in [3.63, 3.8) is 0 Å². The molecule has 0 saturated carbocycles. The highest BCUT2D eigenvalue weighted by atomic mass is 32.2. The molecule has 0 atom stereocenters. The lowest BCUT2D eigenvalue weighted by molar-refractivity contribution is -0.137. The van der Waals surface area contributed by atoms with Crippen molar-refractivity contribution in [1.29, 1.82) is 0 Å². The molecule has 0 aromatic heterocycles. The molecule has 0 radical (unpaired) electrons. The van der Waals surface area contributed by atoms with Crippen LogP contribution in [0, 0.1) is 5.82 Å². The van der Waals surface area contributed by atoms with Crippen LogP contribution in [0.25, 0.3) is 11.1 Å². The lowest BCUT2D eigenvalue weighted by Gasteiger charge is -2.13. The number of methoxy groups -OCH3 is 1. The topological polar surface area (TPSA) is 69.4 Å². The van der Waals surface area contributed by atoms with Crippen LogP contribution in [0.1, 0.15) is 5.56 Å². The van der Waals surface area contributed by atoms with Gasteiger partial charge in [0, 0.05) is 5.56 Å². The molecular formula is C14H11F4NO3S. The number of ether oxygens (including phenoxy) is 1. The van der Waals surface area contributed by atoms with Gasteiger partial charge in [0.15, 0.2) is 11.6 Å². The van der Waals surface area contributed by atoms with Crippen LogP contribution in [0.2, 0.25) is 0 Å². The van der Waals surface area contributed by atoms with Crippen LogP contribution >= 0.6 is 0 Å². The summed E-state index contributed by atoms with van der Waals surface area (Å²) < 4.78 is 80.1. The van der Waals surface area contributed by atoms with Crippen LogP contribution in [0.4, 0.5) is 17.6 Å². The van der Waals surface area contributed by atoms with Crippen molar-refractivity contribution >= 4 is 10.0 Å². The second-order valence-corrected chi connectivity index (χ2v) is 6.13. The first-order chi connectivity index (χ1) is 10.5. The SMILES string of the molecule is COc1ccc(-c2cc(C(F)(F)F)ccc2S(N)(=O)=O)cc1F. The summed E-state index contributed by atoms with van der Waals surface area (Å²) in [5.74, 6) is -0.972. The van der Waals surface area contributed by atoms with Crippen LogP contribution in [0.3, 0.4) is 0 Å². The molecule has 0 unspecified atom stereocenters. The van der Waals surface area contributed by atoms with Gasteiger partial charge in [0.25, 0.3) is 0 Å². The smallest absolute Gasteiger partial charge is 0.416 e. The zero-order chi connectivity index (χ0) is 17.4. The Morgan fingerprint density at radius 1 is 1.09 bits per heavy atom. The summed E-state index contributed by atoms with van der Waals surface area (Å²) in [6, 6.07) is 5.26. The van der Waals surface area contributed by atoms with Crippen LogP contribution < -0.4 is 9.88 Å². The number of rotatable bonds is 3. The van der Waals surface area contributed by atoms with E-state index in [2.05, 4.69) is 0 Å². The van der Waals surface area contributed by atoms with Crippen molar-refractivity contribution in [2.24, 2.45) is 5.14 Å². The second kappa shape index (κ2) is 5.82. The van der Waals surface area contributed by atoms with E-state index in [1.165, 1.54) is 19.2 Å². The zero-order valence-corrected chi connectivity index (χ0v) is 12.5. The van der Waals surface area contributed by atoms with E-state index in [-0.39, 0.29) is 16.9 Å². The first-order valence-electron chi connectivity index (χ1n) is 6.12. The molecule has 2 aromatic carbocycles. The molecule has 0 aliphatic carbocycles. The molecule has 0 amide bonds. The third-order valence-corrected chi connectivity index (χ3v) is 4.05. The van der Waals surface area contributed by atoms with Crippen LogP contribution in [0.15, 0.2) is 41.3 Å². The fourth-order valence-corrected chi connectivity index (χ4v) is 2.75. The Kier molecular flexibility index (Phi) is 4.36. The van der Waals surface area contributed by atoms with E-state index in [9.17, 15) is 26.0 Å². The molecule has 0 saturated heterocycles. The van der Waals surface area contributed by atoms with Gasteiger partial charge in [0.05, 0.1) is 17.6 Å². The molecule has 9 heteroatoms. The fraction of sp³-hybridized carbons (Fsp3) is 0.143. The lowest BCUT2D eigenvalue weighted by Crippen LogP contribution is -2.15. The Hall–Kier alpha value is -2.13. The van der Waals surface area contributed by atoms with Crippen molar-refractivity contribution < 1.29 is 30.7 Å². The molecule has 4 nitrogen and oxygen atoms in total. The number of halogens is 4. The van der Waals surface area contributed by atoms with E-state index >= 15 is 0 Å². The summed E-state index contributed by atoms with van der Waals surface area (Å²) >= 11 is 0. The first-order valence-corrected chi connectivity index (χ1v) is 7.66. The Morgan fingerprint density at radius 3 is 2.22 bits per heavy atom. The minimum absolute atomic E-state index is 0.0709. The highest BCUT2D eigenvalue weighted by molar-refractivity contribution is 7.89. The summed E-state index contributed by atoms with van der Waals surface area (Å²) in [5.41, 5.74) is -1.49. The van der Waals surface area contributed by atoms with Gasteiger partial charge in [0.1, 0.15) is 0 Å². The molecule has 2 N–H and O–H groups in total. The molecule has 0 aliphatic rings. The molecule has 124 valence electrons. The van der Waals surface area contributed by atoms with Crippen LogP contribution in [-0.4, -0.2) is 15.5 Å². The third-order valence-electron chi connectivity index (χ3n) is 3.08. The number of benzene rings is 2. The van der Waals surface area contributed by atoms with Gasteiger partial charge in [-0.2, -0.15) is 13.2 Å². The van der Waals surface area contributed by atoms with Gasteiger partial charge in [-0.25, -0.2) is 17.9 Å². The highest BCUT2D eigenvalue weighted by Crippen LogP contribution is 2.36. The number of alkyl halides is 3. The van der Waals surface area contributed by atoms with E-state index in [1.54, 1.807) is 0 Å². The maximum Gasteiger partial charge on any atom is 0.416 e. The van der Waals surface area contributed by atoms with Crippen molar-refractivity contribution in [1.82, 2.24) is 0 Å². The average Bonchev–Trinajstić information content (AvgIpc) is 2.44. The van der Waals surface area contributed by atoms with Crippen molar-refractivity contribution in [2.45, 2.75) is 11.1 Å². The minimum atomic E-state index is -4.68. The Morgan fingerprint density at radius 2 is 1.74 bits per heavy atom. The minimum Gasteiger partial charge on any atom is -0.494 e. The monoisotopic (exact) mass is 349 g/mol. The van der Waals surface area contributed by atoms with Gasteiger partial charge in [0.2, 0.25) is 10.0 Å². The van der Waals surface area contributed by atoms with Crippen molar-refractivity contribution in [3.05, 3.63) is 47.8 Å². The summed E-state index contributed by atoms with van der Waals surface area (Å²) in [7, 11) is -3.07. The largest absolute Gasteiger partial charge is 0.494 e. The first kappa shape index (κ1) is 17.2. The number of hydrogen-bond acceptors (Lipinski definition) is 3. The predicted octanol–water partition coefficient (Wildman–Crippen LogP) is 3.17. The normalized spacial score (nSPS) is 12.3. The summed E-state index contributed by atoms with van der Waals surface area (Å²) in [6.45, 7) is 0. The lowest BCUT2D eigenvalue weighted by atomic mass is 10.0. The number of primary sulfonamides is 1. The molecule has 2 aromatic rings.